The summed E-state index contributed by atoms with van der Waals surface area (Å²) in [5.41, 5.74) is 0.146. The first-order chi connectivity index (χ1) is 16.6. The molecule has 3 aromatic rings. The monoisotopic (exact) mass is 504 g/mol. The average molecular weight is 505 g/mol. The van der Waals surface area contributed by atoms with Crippen molar-refractivity contribution >= 4 is 34.7 Å². The second kappa shape index (κ2) is 9.30. The number of hydrogen-bond donors (Lipinski definition) is 1. The van der Waals surface area contributed by atoms with Gasteiger partial charge in [-0.1, -0.05) is 23.7 Å². The van der Waals surface area contributed by atoms with Crippen molar-refractivity contribution in [2.24, 2.45) is 0 Å². The van der Waals surface area contributed by atoms with Gasteiger partial charge < -0.3 is 14.6 Å². The Balaban J connectivity index is 1.89. The molecule has 1 amide bonds. The lowest BCUT2D eigenvalue weighted by Gasteiger charge is -2.25. The number of aliphatic hydroxyl groups excluding tert-OH is 1. The Morgan fingerprint density at radius 1 is 1.11 bits per heavy atom. The number of amides is 1. The van der Waals surface area contributed by atoms with Gasteiger partial charge in [0.25, 0.3) is 11.7 Å². The summed E-state index contributed by atoms with van der Waals surface area (Å²) in [6, 6.07) is 10.9. The van der Waals surface area contributed by atoms with Crippen LogP contribution in [-0.4, -0.2) is 35.3 Å². The molecule has 2 heterocycles. The molecule has 1 saturated heterocycles. The normalized spacial score (nSPS) is 17.5. The van der Waals surface area contributed by atoms with Crippen LogP contribution in [0.15, 0.2) is 72.6 Å². The number of hydrogen-bond acceptors (Lipinski definition) is 6. The van der Waals surface area contributed by atoms with E-state index >= 15 is 0 Å². The lowest BCUT2D eigenvalue weighted by molar-refractivity contribution is -0.274. The molecule has 1 N–H and O–H groups in total. The zero-order chi connectivity index (χ0) is 25.3. The third-order valence-electron chi connectivity index (χ3n) is 5.20. The minimum atomic E-state index is -4.96. The van der Waals surface area contributed by atoms with Gasteiger partial charge in [-0.05, 0) is 42.0 Å². The fourth-order valence-corrected chi connectivity index (χ4v) is 4.01. The predicted octanol–water partition coefficient (Wildman–Crippen LogP) is 5.27. The number of Topliss-reactive ketones (excluding diaryl/α,β-unsaturated/α-hetero) is 1. The summed E-state index contributed by atoms with van der Waals surface area (Å²) >= 11 is 6.16. The minimum absolute atomic E-state index is 0.0467. The van der Waals surface area contributed by atoms with Gasteiger partial charge in [-0.3, -0.25) is 19.5 Å². The lowest BCUT2D eigenvalue weighted by Crippen LogP contribution is -2.29. The van der Waals surface area contributed by atoms with E-state index in [1.54, 1.807) is 12.1 Å². The number of ether oxygens (including phenoxy) is 2. The van der Waals surface area contributed by atoms with E-state index in [1.165, 1.54) is 49.8 Å². The first-order valence-corrected chi connectivity index (χ1v) is 10.4. The number of halogens is 4. The second-order valence-electron chi connectivity index (χ2n) is 7.35. The number of alkyl halides is 3. The van der Waals surface area contributed by atoms with Crippen LogP contribution in [0.25, 0.3) is 5.76 Å². The van der Waals surface area contributed by atoms with Gasteiger partial charge in [0.2, 0.25) is 0 Å². The van der Waals surface area contributed by atoms with Gasteiger partial charge >= 0.3 is 6.36 Å². The van der Waals surface area contributed by atoms with Crippen LogP contribution in [0.5, 0.6) is 11.5 Å². The molecule has 1 unspecified atom stereocenters. The molecule has 1 aliphatic heterocycles. The quantitative estimate of drug-likeness (QED) is 0.289. The first-order valence-electron chi connectivity index (χ1n) is 10.0. The molecule has 1 fully saturated rings. The summed E-state index contributed by atoms with van der Waals surface area (Å²) in [5.74, 6) is -2.86. The van der Waals surface area contributed by atoms with E-state index in [2.05, 4.69) is 9.72 Å². The minimum Gasteiger partial charge on any atom is -0.507 e. The number of carbonyl (C=O) groups is 2. The van der Waals surface area contributed by atoms with Crippen molar-refractivity contribution in [1.82, 2.24) is 4.98 Å². The lowest BCUT2D eigenvalue weighted by atomic mass is 9.96. The Labute approximate surface area is 202 Å². The van der Waals surface area contributed by atoms with Crippen molar-refractivity contribution in [2.45, 2.75) is 12.4 Å². The van der Waals surface area contributed by atoms with Gasteiger partial charge in [-0.2, -0.15) is 0 Å². The molecule has 0 saturated carbocycles. The number of carbonyl (C=O) groups excluding carboxylic acids is 2. The number of methoxy groups -OCH3 is 1. The largest absolute Gasteiger partial charge is 0.573 e. The summed E-state index contributed by atoms with van der Waals surface area (Å²) in [7, 11) is 1.41. The molecule has 1 aromatic heterocycles. The standard InChI is InChI=1S/C24H16ClF3N2O5/c1-34-18-8-7-13(10-17(18)25)21(31)19-20(14-4-3-9-29-12-14)30(23(33)22(19)32)15-5-2-6-16(11-15)35-24(26,27)28/h2-12,20,31H,1H3/b21-19+. The fraction of sp³-hybridized carbons (Fsp3) is 0.125. The van der Waals surface area contributed by atoms with E-state index in [4.69, 9.17) is 16.3 Å². The smallest absolute Gasteiger partial charge is 0.507 e. The molecule has 11 heteroatoms. The van der Waals surface area contributed by atoms with Gasteiger partial charge in [0.15, 0.2) is 0 Å². The van der Waals surface area contributed by atoms with Crippen LogP contribution in [0.3, 0.4) is 0 Å². The van der Waals surface area contributed by atoms with E-state index < -0.39 is 35.6 Å². The molecular formula is C24H16ClF3N2O5. The molecule has 0 aliphatic carbocycles. The molecular weight excluding hydrogens is 489 g/mol. The Morgan fingerprint density at radius 3 is 2.51 bits per heavy atom. The summed E-state index contributed by atoms with van der Waals surface area (Å²) < 4.78 is 47.3. The molecule has 0 radical (unpaired) electrons. The molecule has 0 spiro atoms. The maximum absolute atomic E-state index is 13.1. The predicted molar refractivity (Wildman–Crippen MR) is 120 cm³/mol. The van der Waals surface area contributed by atoms with Gasteiger partial charge in [-0.25, -0.2) is 0 Å². The number of aromatic nitrogens is 1. The number of nitrogens with zero attached hydrogens (tertiary/aromatic N) is 2. The van der Waals surface area contributed by atoms with Crippen LogP contribution in [-0.2, 0) is 9.59 Å². The van der Waals surface area contributed by atoms with E-state index in [1.807, 2.05) is 0 Å². The third-order valence-corrected chi connectivity index (χ3v) is 5.49. The van der Waals surface area contributed by atoms with Crippen LogP contribution < -0.4 is 14.4 Å². The van der Waals surface area contributed by atoms with Gasteiger partial charge in [0.1, 0.15) is 17.3 Å². The van der Waals surface area contributed by atoms with Gasteiger partial charge in [-0.15, -0.1) is 13.2 Å². The molecule has 4 rings (SSSR count). The van der Waals surface area contributed by atoms with Crippen molar-refractivity contribution in [3.8, 4) is 11.5 Å². The van der Waals surface area contributed by atoms with Crippen LogP contribution in [0.1, 0.15) is 17.2 Å². The maximum atomic E-state index is 13.1. The van der Waals surface area contributed by atoms with E-state index in [0.717, 1.165) is 17.0 Å². The topological polar surface area (TPSA) is 89.0 Å². The molecule has 180 valence electrons. The highest BCUT2D eigenvalue weighted by atomic mass is 35.5. The number of anilines is 1. The number of benzene rings is 2. The zero-order valence-electron chi connectivity index (χ0n) is 17.9. The summed E-state index contributed by atoms with van der Waals surface area (Å²) in [5, 5.41) is 11.2. The number of ketones is 1. The van der Waals surface area contributed by atoms with Crippen LogP contribution in [0.2, 0.25) is 5.02 Å². The van der Waals surface area contributed by atoms with Crippen LogP contribution >= 0.6 is 11.6 Å². The first kappa shape index (κ1) is 24.1. The van der Waals surface area contributed by atoms with Crippen LogP contribution in [0.4, 0.5) is 18.9 Å². The molecule has 0 bridgehead atoms. The number of pyridine rings is 1. The molecule has 35 heavy (non-hydrogen) atoms. The Hall–Kier alpha value is -4.05. The second-order valence-corrected chi connectivity index (χ2v) is 7.76. The summed E-state index contributed by atoms with van der Waals surface area (Å²) in [6.45, 7) is 0. The Bertz CT molecular complexity index is 1330. The van der Waals surface area contributed by atoms with Crippen LogP contribution in [0, 0.1) is 0 Å². The third kappa shape index (κ3) is 4.78. The van der Waals surface area contributed by atoms with Crippen molar-refractivity contribution < 1.29 is 37.3 Å². The number of aliphatic hydroxyl groups is 1. The van der Waals surface area contributed by atoms with E-state index in [9.17, 15) is 27.9 Å². The van der Waals surface area contributed by atoms with E-state index in [0.29, 0.717) is 11.3 Å². The molecule has 1 atom stereocenters. The Kier molecular flexibility index (Phi) is 6.40. The van der Waals surface area contributed by atoms with Gasteiger partial charge in [0, 0.05) is 29.7 Å². The fourth-order valence-electron chi connectivity index (χ4n) is 3.75. The van der Waals surface area contributed by atoms with Crippen molar-refractivity contribution in [3.05, 3.63) is 88.7 Å². The molecule has 7 nitrogen and oxygen atoms in total. The average Bonchev–Trinajstić information content (AvgIpc) is 3.08. The van der Waals surface area contributed by atoms with Crippen molar-refractivity contribution in [3.63, 3.8) is 0 Å². The van der Waals surface area contributed by atoms with E-state index in [-0.39, 0.29) is 21.8 Å². The Morgan fingerprint density at radius 2 is 1.89 bits per heavy atom. The van der Waals surface area contributed by atoms with Crippen molar-refractivity contribution in [1.29, 1.82) is 0 Å². The molecule has 1 aliphatic rings. The highest BCUT2D eigenvalue weighted by Gasteiger charge is 2.47. The maximum Gasteiger partial charge on any atom is 0.573 e. The number of rotatable bonds is 5. The molecule has 2 aromatic carbocycles. The SMILES string of the molecule is COc1ccc(/C(O)=C2\C(=O)C(=O)N(c3cccc(OC(F)(F)F)c3)C2c2cccnc2)cc1Cl. The summed E-state index contributed by atoms with van der Waals surface area (Å²) in [4.78, 5) is 31.2. The van der Waals surface area contributed by atoms with Crippen molar-refractivity contribution in [2.75, 3.05) is 12.0 Å². The summed E-state index contributed by atoms with van der Waals surface area (Å²) in [6.07, 6.45) is -2.10. The zero-order valence-corrected chi connectivity index (χ0v) is 18.7. The highest BCUT2D eigenvalue weighted by Crippen LogP contribution is 2.43. The highest BCUT2D eigenvalue weighted by molar-refractivity contribution is 6.51. The van der Waals surface area contributed by atoms with Gasteiger partial charge in [0.05, 0.1) is 23.7 Å².